The fraction of sp³-hybridized carbons (Fsp3) is 0.174. The second-order valence-corrected chi connectivity index (χ2v) is 7.49. The van der Waals surface area contributed by atoms with Crippen LogP contribution in [-0.2, 0) is 16.1 Å². The molecule has 8 heteroatoms. The van der Waals surface area contributed by atoms with Gasteiger partial charge in [-0.2, -0.15) is 0 Å². The van der Waals surface area contributed by atoms with Crippen LogP contribution in [0.2, 0.25) is 5.02 Å². The molecular formula is C23H19ClN2O5. The highest BCUT2D eigenvalue weighted by molar-refractivity contribution is 6.46. The molecular weight excluding hydrogens is 420 g/mol. The Balaban J connectivity index is 1.85. The Morgan fingerprint density at radius 3 is 2.55 bits per heavy atom. The molecule has 3 aromatic rings. The highest BCUT2D eigenvalue weighted by Crippen LogP contribution is 2.41. The van der Waals surface area contributed by atoms with Gasteiger partial charge in [-0.05, 0) is 55.0 Å². The van der Waals surface area contributed by atoms with Crippen molar-refractivity contribution in [2.75, 3.05) is 7.11 Å². The number of aromatic nitrogens is 1. The first-order valence-corrected chi connectivity index (χ1v) is 9.86. The molecule has 0 radical (unpaired) electrons. The van der Waals surface area contributed by atoms with Crippen molar-refractivity contribution >= 4 is 29.1 Å². The number of carbonyl (C=O) groups is 2. The van der Waals surface area contributed by atoms with Gasteiger partial charge in [0, 0.05) is 24.5 Å². The minimum Gasteiger partial charge on any atom is -0.507 e. The maximum Gasteiger partial charge on any atom is 0.296 e. The van der Waals surface area contributed by atoms with E-state index >= 15 is 0 Å². The van der Waals surface area contributed by atoms with Crippen molar-refractivity contribution in [3.8, 4) is 5.75 Å². The number of aryl methyl sites for hydroxylation is 1. The van der Waals surface area contributed by atoms with E-state index in [-0.39, 0.29) is 22.9 Å². The molecule has 1 N–H and O–H groups in total. The van der Waals surface area contributed by atoms with Gasteiger partial charge in [0.15, 0.2) is 0 Å². The Hall–Kier alpha value is -3.58. The fourth-order valence-corrected chi connectivity index (χ4v) is 3.85. The number of furan rings is 1. The average Bonchev–Trinajstić information content (AvgIpc) is 3.30. The fourth-order valence-electron chi connectivity index (χ4n) is 3.59. The van der Waals surface area contributed by atoms with Crippen LogP contribution in [0.3, 0.4) is 0 Å². The average molecular weight is 439 g/mol. The lowest BCUT2D eigenvalue weighted by atomic mass is 9.99. The molecule has 0 saturated carbocycles. The second-order valence-electron chi connectivity index (χ2n) is 7.08. The van der Waals surface area contributed by atoms with Gasteiger partial charge < -0.3 is 19.2 Å². The summed E-state index contributed by atoms with van der Waals surface area (Å²) in [5.74, 6) is -0.424. The third-order valence-electron chi connectivity index (χ3n) is 5.10. The van der Waals surface area contributed by atoms with Crippen LogP contribution >= 0.6 is 11.6 Å². The number of carbonyl (C=O) groups excluding carboxylic acids is 2. The number of likely N-dealkylation sites (tertiary alicyclic amines) is 1. The maximum atomic E-state index is 13.0. The zero-order valence-electron chi connectivity index (χ0n) is 16.8. The summed E-state index contributed by atoms with van der Waals surface area (Å²) in [5, 5.41) is 11.3. The molecule has 1 aromatic carbocycles. The zero-order chi connectivity index (χ0) is 22.1. The molecule has 0 bridgehead atoms. The predicted octanol–water partition coefficient (Wildman–Crippen LogP) is 4.27. The molecule has 0 spiro atoms. The zero-order valence-corrected chi connectivity index (χ0v) is 17.6. The van der Waals surface area contributed by atoms with E-state index in [1.165, 1.54) is 18.1 Å². The van der Waals surface area contributed by atoms with Gasteiger partial charge in [0.1, 0.15) is 29.1 Å². The van der Waals surface area contributed by atoms with Crippen molar-refractivity contribution in [1.82, 2.24) is 9.88 Å². The van der Waals surface area contributed by atoms with E-state index in [9.17, 15) is 14.7 Å². The number of ether oxygens (including phenoxy) is 1. The first kappa shape index (κ1) is 20.7. The number of Topliss-reactive ketones (excluding diaryl/α,β-unsaturated/α-hetero) is 1. The number of hydrogen-bond acceptors (Lipinski definition) is 6. The predicted molar refractivity (Wildman–Crippen MR) is 114 cm³/mol. The van der Waals surface area contributed by atoms with Crippen LogP contribution in [0.15, 0.2) is 64.8 Å². The number of hydrogen-bond donors (Lipinski definition) is 1. The molecule has 1 aliphatic heterocycles. The summed E-state index contributed by atoms with van der Waals surface area (Å²) >= 11 is 6.19. The summed E-state index contributed by atoms with van der Waals surface area (Å²) in [7, 11) is 1.48. The van der Waals surface area contributed by atoms with Gasteiger partial charge in [-0.1, -0.05) is 11.6 Å². The highest BCUT2D eigenvalue weighted by Gasteiger charge is 2.47. The van der Waals surface area contributed by atoms with Crippen LogP contribution in [0, 0.1) is 6.92 Å². The quantitative estimate of drug-likeness (QED) is 0.363. The van der Waals surface area contributed by atoms with E-state index in [0.717, 1.165) is 5.56 Å². The number of amides is 1. The lowest BCUT2D eigenvalue weighted by molar-refractivity contribution is -0.140. The summed E-state index contributed by atoms with van der Waals surface area (Å²) < 4.78 is 10.9. The van der Waals surface area contributed by atoms with E-state index in [0.29, 0.717) is 22.8 Å². The monoisotopic (exact) mass is 438 g/mol. The minimum atomic E-state index is -0.886. The van der Waals surface area contributed by atoms with Gasteiger partial charge in [0.05, 0.1) is 17.7 Å². The van der Waals surface area contributed by atoms with E-state index in [2.05, 4.69) is 4.98 Å². The van der Waals surface area contributed by atoms with Crippen molar-refractivity contribution in [2.24, 2.45) is 0 Å². The standard InChI is InChI=1S/C23H19ClN2O5/c1-13-3-5-18(31-13)20-19(21(27)15-4-6-17(30-2)16(24)11-15)22(28)23(29)26(20)12-14-7-9-25-10-8-14/h3-11,20,27H,12H2,1-2H3/b21-19-. The van der Waals surface area contributed by atoms with Gasteiger partial charge in [0.25, 0.3) is 11.7 Å². The molecule has 2 aromatic heterocycles. The number of aliphatic hydroxyl groups is 1. The Morgan fingerprint density at radius 1 is 1.19 bits per heavy atom. The van der Waals surface area contributed by atoms with E-state index in [1.807, 2.05) is 0 Å². The smallest absolute Gasteiger partial charge is 0.296 e. The van der Waals surface area contributed by atoms with Gasteiger partial charge in [0.2, 0.25) is 0 Å². The molecule has 1 saturated heterocycles. The van der Waals surface area contributed by atoms with Crippen molar-refractivity contribution in [1.29, 1.82) is 0 Å². The number of methoxy groups -OCH3 is 1. The van der Waals surface area contributed by atoms with Crippen molar-refractivity contribution in [2.45, 2.75) is 19.5 Å². The second kappa shape index (κ2) is 8.28. The Bertz CT molecular complexity index is 1190. The molecule has 0 aliphatic carbocycles. The molecule has 1 fully saturated rings. The van der Waals surface area contributed by atoms with Crippen LogP contribution in [-0.4, -0.2) is 33.8 Å². The lowest BCUT2D eigenvalue weighted by Gasteiger charge is -2.23. The van der Waals surface area contributed by atoms with Gasteiger partial charge in [-0.3, -0.25) is 14.6 Å². The Morgan fingerprint density at radius 2 is 1.94 bits per heavy atom. The third-order valence-corrected chi connectivity index (χ3v) is 5.39. The van der Waals surface area contributed by atoms with Gasteiger partial charge in [-0.15, -0.1) is 0 Å². The summed E-state index contributed by atoms with van der Waals surface area (Å²) in [4.78, 5) is 31.3. The summed E-state index contributed by atoms with van der Waals surface area (Å²) in [6.45, 7) is 1.92. The highest BCUT2D eigenvalue weighted by atomic mass is 35.5. The Labute approximate surface area is 183 Å². The minimum absolute atomic E-state index is 0.0605. The SMILES string of the molecule is COc1ccc(/C(O)=C2/C(=O)C(=O)N(Cc3ccncc3)C2c2ccc(C)o2)cc1Cl. The van der Waals surface area contributed by atoms with E-state index in [4.69, 9.17) is 20.8 Å². The van der Waals surface area contributed by atoms with E-state index < -0.39 is 17.7 Å². The lowest BCUT2D eigenvalue weighted by Crippen LogP contribution is -2.29. The number of ketones is 1. The van der Waals surface area contributed by atoms with Crippen LogP contribution in [0.25, 0.3) is 5.76 Å². The molecule has 1 unspecified atom stereocenters. The first-order valence-electron chi connectivity index (χ1n) is 9.48. The molecule has 1 atom stereocenters. The molecule has 3 heterocycles. The van der Waals surface area contributed by atoms with Crippen LogP contribution in [0.5, 0.6) is 5.75 Å². The number of halogens is 1. The Kier molecular flexibility index (Phi) is 5.52. The number of benzene rings is 1. The number of pyridine rings is 1. The number of nitrogens with zero attached hydrogens (tertiary/aromatic N) is 2. The van der Waals surface area contributed by atoms with Gasteiger partial charge in [-0.25, -0.2) is 0 Å². The van der Waals surface area contributed by atoms with Crippen molar-refractivity contribution < 1.29 is 23.8 Å². The molecule has 1 aliphatic rings. The molecule has 7 nitrogen and oxygen atoms in total. The van der Waals surface area contributed by atoms with Crippen molar-refractivity contribution in [3.05, 3.63) is 88.1 Å². The van der Waals surface area contributed by atoms with Crippen LogP contribution in [0.1, 0.15) is 28.7 Å². The maximum absolute atomic E-state index is 13.0. The molecule has 158 valence electrons. The van der Waals surface area contributed by atoms with Crippen molar-refractivity contribution in [3.63, 3.8) is 0 Å². The topological polar surface area (TPSA) is 92.9 Å². The molecule has 4 rings (SSSR count). The summed E-state index contributed by atoms with van der Waals surface area (Å²) in [5.41, 5.74) is 1.02. The van der Waals surface area contributed by atoms with Gasteiger partial charge >= 0.3 is 0 Å². The first-order chi connectivity index (χ1) is 14.9. The van der Waals surface area contributed by atoms with Crippen LogP contribution in [0.4, 0.5) is 0 Å². The van der Waals surface area contributed by atoms with E-state index in [1.54, 1.807) is 55.7 Å². The summed E-state index contributed by atoms with van der Waals surface area (Å²) in [6.07, 6.45) is 3.22. The molecule has 31 heavy (non-hydrogen) atoms. The molecule has 1 amide bonds. The number of rotatable bonds is 5. The van der Waals surface area contributed by atoms with Crippen LogP contribution < -0.4 is 4.74 Å². The summed E-state index contributed by atoms with van der Waals surface area (Å²) in [6, 6.07) is 10.7. The number of aliphatic hydroxyl groups excluding tert-OH is 1. The third kappa shape index (κ3) is 3.80. The normalized spacial score (nSPS) is 17.9. The largest absolute Gasteiger partial charge is 0.507 e.